The Morgan fingerprint density at radius 3 is 2.49 bits per heavy atom. The van der Waals surface area contributed by atoms with E-state index in [4.69, 9.17) is 24.8 Å². The fourth-order valence-electron chi connectivity index (χ4n) is 3.57. The van der Waals surface area contributed by atoms with E-state index in [1.54, 1.807) is 0 Å². The van der Waals surface area contributed by atoms with Crippen LogP contribution in [0.3, 0.4) is 0 Å². The van der Waals surface area contributed by atoms with Crippen molar-refractivity contribution < 1.29 is 65.2 Å². The zero-order chi connectivity index (χ0) is 27.4. The van der Waals surface area contributed by atoms with Crippen LogP contribution in [0.15, 0.2) is 23.4 Å². The summed E-state index contributed by atoms with van der Waals surface area (Å²) in [7, 11) is -16.9. The van der Waals surface area contributed by atoms with Crippen LogP contribution in [0.2, 0.25) is 0 Å². The number of aromatic nitrogens is 5. The van der Waals surface area contributed by atoms with Gasteiger partial charge in [0.1, 0.15) is 30.0 Å². The highest BCUT2D eigenvalue weighted by molar-refractivity contribution is 7.66. The number of anilines is 1. The Balaban J connectivity index is 1.59. The molecule has 3 aromatic rings. The van der Waals surface area contributed by atoms with Crippen molar-refractivity contribution in [3.63, 3.8) is 0 Å². The van der Waals surface area contributed by atoms with Gasteiger partial charge in [0.05, 0.1) is 17.6 Å². The maximum absolute atomic E-state index is 15.7. The van der Waals surface area contributed by atoms with Crippen LogP contribution in [-0.4, -0.2) is 73.8 Å². The van der Waals surface area contributed by atoms with Crippen LogP contribution in [0, 0.1) is 0 Å². The van der Waals surface area contributed by atoms with Crippen molar-refractivity contribution in [2.24, 2.45) is 0 Å². The number of aliphatic hydroxyl groups excluding tert-OH is 1. The highest BCUT2D eigenvalue weighted by atomic mass is 31.3. The molecule has 0 amide bonds. The first-order valence-corrected chi connectivity index (χ1v) is 14.2. The molecule has 23 heteroatoms. The van der Waals surface area contributed by atoms with Gasteiger partial charge in [-0.15, -0.1) is 0 Å². The molecular weight excluding hydrogens is 572 g/mol. The Labute approximate surface area is 204 Å². The number of halogens is 1. The van der Waals surface area contributed by atoms with Gasteiger partial charge >= 0.3 is 23.5 Å². The first-order valence-electron chi connectivity index (χ1n) is 9.69. The number of hydrogen-bond acceptors (Lipinski definition) is 14. The van der Waals surface area contributed by atoms with Crippen LogP contribution < -0.4 is 5.73 Å². The van der Waals surface area contributed by atoms with Crippen LogP contribution in [0.5, 0.6) is 0 Å². The number of aliphatic hydroxyl groups is 1. The van der Waals surface area contributed by atoms with Crippen LogP contribution in [0.1, 0.15) is 13.2 Å². The van der Waals surface area contributed by atoms with Crippen molar-refractivity contribution in [1.82, 2.24) is 24.7 Å². The van der Waals surface area contributed by atoms with Crippen molar-refractivity contribution in [2.75, 3.05) is 12.3 Å². The topological polar surface area (TPSA) is 285 Å². The number of nitrogen functional groups attached to an aromatic ring is 1. The number of hydrogen-bond donors (Lipinski definition) is 6. The van der Waals surface area contributed by atoms with Crippen molar-refractivity contribution in [2.45, 2.75) is 31.0 Å². The minimum absolute atomic E-state index is 0.0214. The average molecular weight is 590 g/mol. The molecule has 7 N–H and O–H groups in total. The van der Waals surface area contributed by atoms with Crippen LogP contribution in [0.4, 0.5) is 10.2 Å². The monoisotopic (exact) mass is 590 g/mol. The van der Waals surface area contributed by atoms with Crippen LogP contribution in [0.25, 0.3) is 22.4 Å². The number of rotatable bonds is 9. The molecule has 0 bridgehead atoms. The van der Waals surface area contributed by atoms with E-state index in [9.17, 15) is 28.6 Å². The van der Waals surface area contributed by atoms with Gasteiger partial charge in [0.2, 0.25) is 12.2 Å². The average Bonchev–Trinajstić information content (AvgIpc) is 3.43. The quantitative estimate of drug-likeness (QED) is 0.184. The van der Waals surface area contributed by atoms with E-state index in [1.165, 1.54) is 6.20 Å². The molecule has 1 fully saturated rings. The van der Waals surface area contributed by atoms with Crippen LogP contribution in [-0.2, 0) is 31.6 Å². The van der Waals surface area contributed by atoms with Gasteiger partial charge in [-0.05, 0) is 6.92 Å². The molecule has 0 spiro atoms. The maximum atomic E-state index is 15.7. The van der Waals surface area contributed by atoms with Crippen molar-refractivity contribution in [1.29, 1.82) is 0 Å². The summed E-state index contributed by atoms with van der Waals surface area (Å²) in [5.41, 5.74) is 3.63. The third-order valence-electron chi connectivity index (χ3n) is 5.03. The van der Waals surface area contributed by atoms with E-state index in [1.807, 2.05) is 0 Å². The summed E-state index contributed by atoms with van der Waals surface area (Å²) < 4.78 is 73.0. The zero-order valence-corrected chi connectivity index (χ0v) is 20.9. The molecule has 0 aromatic carbocycles. The Morgan fingerprint density at radius 2 is 1.86 bits per heavy atom. The van der Waals surface area contributed by atoms with E-state index >= 15 is 4.39 Å². The lowest BCUT2D eigenvalue weighted by Crippen LogP contribution is -2.40. The summed E-state index contributed by atoms with van der Waals surface area (Å²) in [6, 6.07) is 0. The van der Waals surface area contributed by atoms with Crippen molar-refractivity contribution >= 4 is 40.3 Å². The summed E-state index contributed by atoms with van der Waals surface area (Å²) in [5.74, 6) is 0.0282. The number of alkyl halides is 1. The van der Waals surface area contributed by atoms with Gasteiger partial charge in [0.25, 0.3) is 0 Å². The number of ether oxygens (including phenoxy) is 1. The van der Waals surface area contributed by atoms with Crippen molar-refractivity contribution in [3.05, 3.63) is 18.9 Å². The predicted octanol–water partition coefficient (Wildman–Crippen LogP) is 0.393. The first kappa shape index (κ1) is 27.8. The summed E-state index contributed by atoms with van der Waals surface area (Å²) >= 11 is 0. The third-order valence-corrected chi connectivity index (χ3v) is 8.83. The summed E-state index contributed by atoms with van der Waals surface area (Å²) in [6.07, 6.45) is -1.89. The molecule has 1 aliphatic heterocycles. The minimum Gasteiger partial charge on any atom is -0.387 e. The van der Waals surface area contributed by atoms with Gasteiger partial charge in [-0.25, -0.2) is 28.1 Å². The standard InChI is InChI=1S/C14H18FN6O13P3/c1-14(15)9(22)7(3-31-36(26,27)34-37(28,29)33-35(23,24)25)32-13(14)21-2-6(11-19-5-30-20-11)8-10(16)17-4-18-12(8)21/h2,4-5,7,9,13,22H,3H2,1H3,(H,26,27)(H,28,29)(H2,16,17,18)(H2,23,24,25)/t7-,9-,13-,14?/m1/s1. The number of nitrogens with two attached hydrogens (primary N) is 1. The Hall–Kier alpha value is -2.18. The Morgan fingerprint density at radius 1 is 1.16 bits per heavy atom. The Kier molecular flexibility index (Phi) is 7.17. The van der Waals surface area contributed by atoms with E-state index in [-0.39, 0.29) is 28.2 Å². The molecule has 3 aromatic heterocycles. The normalized spacial score (nSPS) is 27.8. The summed E-state index contributed by atoms with van der Waals surface area (Å²) in [5, 5.41) is 14.4. The summed E-state index contributed by atoms with van der Waals surface area (Å²) in [6.45, 7) is -0.132. The van der Waals surface area contributed by atoms with Gasteiger partial charge in [-0.2, -0.15) is 13.6 Å². The molecule has 6 atom stereocenters. The molecule has 37 heavy (non-hydrogen) atoms. The molecule has 204 valence electrons. The van der Waals surface area contributed by atoms with E-state index in [0.29, 0.717) is 0 Å². The highest BCUT2D eigenvalue weighted by Crippen LogP contribution is 2.66. The number of phosphoric ester groups is 1. The molecule has 0 saturated carbocycles. The molecule has 0 aliphatic carbocycles. The molecule has 1 saturated heterocycles. The largest absolute Gasteiger partial charge is 0.490 e. The lowest BCUT2D eigenvalue weighted by atomic mass is 9.98. The fourth-order valence-corrected chi connectivity index (χ4v) is 6.60. The molecule has 19 nitrogen and oxygen atoms in total. The number of phosphoric acid groups is 3. The van der Waals surface area contributed by atoms with Crippen molar-refractivity contribution in [3.8, 4) is 11.4 Å². The molecular formula is C14H18FN6O13P3. The SMILES string of the molecule is CC1(F)[C@H](O)[C@@H](COP(=O)(O)OP(=O)(O)OP(=O)(O)O)O[C@H]1n1cc(-c2ncon2)c2c(N)ncnc21. The third kappa shape index (κ3) is 5.80. The lowest BCUT2D eigenvalue weighted by molar-refractivity contribution is -0.0557. The smallest absolute Gasteiger partial charge is 0.387 e. The summed E-state index contributed by atoms with van der Waals surface area (Å²) in [4.78, 5) is 47.9. The van der Waals surface area contributed by atoms with E-state index in [0.717, 1.165) is 24.2 Å². The molecule has 3 unspecified atom stereocenters. The molecule has 4 rings (SSSR count). The van der Waals surface area contributed by atoms with Crippen LogP contribution >= 0.6 is 23.5 Å². The van der Waals surface area contributed by atoms with E-state index < -0.39 is 54.2 Å². The van der Waals surface area contributed by atoms with Gasteiger partial charge in [0.15, 0.2) is 11.9 Å². The Bertz CT molecular complexity index is 1440. The lowest BCUT2D eigenvalue weighted by Gasteiger charge is -2.25. The van der Waals surface area contributed by atoms with Gasteiger partial charge < -0.3 is 44.2 Å². The van der Waals surface area contributed by atoms with E-state index in [2.05, 4.69) is 33.3 Å². The second-order valence-corrected chi connectivity index (χ2v) is 12.1. The molecule has 4 heterocycles. The number of fused-ring (bicyclic) bond motifs is 1. The van der Waals surface area contributed by atoms with Gasteiger partial charge in [0, 0.05) is 6.20 Å². The molecule has 0 radical (unpaired) electrons. The maximum Gasteiger partial charge on any atom is 0.490 e. The second kappa shape index (κ2) is 9.53. The predicted molar refractivity (Wildman–Crippen MR) is 114 cm³/mol. The van der Waals surface area contributed by atoms with Gasteiger partial charge in [-0.1, -0.05) is 5.16 Å². The minimum atomic E-state index is -5.78. The zero-order valence-electron chi connectivity index (χ0n) is 18.2. The highest BCUT2D eigenvalue weighted by Gasteiger charge is 2.56. The van der Waals surface area contributed by atoms with Gasteiger partial charge in [-0.3, -0.25) is 4.52 Å². The fraction of sp³-hybridized carbons (Fsp3) is 0.429. The molecule has 1 aliphatic rings. The second-order valence-electron chi connectivity index (χ2n) is 7.67. The number of nitrogens with zero attached hydrogens (tertiary/aromatic N) is 5. The first-order chi connectivity index (χ1) is 17.0.